The van der Waals surface area contributed by atoms with Crippen molar-refractivity contribution in [3.63, 3.8) is 0 Å². The highest BCUT2D eigenvalue weighted by Crippen LogP contribution is 2.66. The van der Waals surface area contributed by atoms with Crippen molar-refractivity contribution in [2.45, 2.75) is 6.92 Å². The van der Waals surface area contributed by atoms with E-state index in [-0.39, 0.29) is 0 Å². The first-order valence-corrected chi connectivity index (χ1v) is 2.72. The summed E-state index contributed by atoms with van der Waals surface area (Å²) in [5.41, 5.74) is 3.21. The largest absolute Gasteiger partial charge is 0.0988 e. The van der Waals surface area contributed by atoms with Gasteiger partial charge in [0.15, 0.2) is 0 Å². The maximum absolute atomic E-state index is 3.68. The van der Waals surface area contributed by atoms with Crippen molar-refractivity contribution in [1.82, 2.24) is 0 Å². The SMILES string of the molecule is C=CC1=C2C(C)C12. The smallest absolute Gasteiger partial charge is 0.0120 e. The number of hydrogen-bond acceptors (Lipinski definition) is 0. The summed E-state index contributed by atoms with van der Waals surface area (Å²) in [6.07, 6.45) is 1.99. The van der Waals surface area contributed by atoms with Crippen LogP contribution < -0.4 is 0 Å². The van der Waals surface area contributed by atoms with Gasteiger partial charge in [0.2, 0.25) is 0 Å². The lowest BCUT2D eigenvalue weighted by Crippen LogP contribution is -1.76. The fourth-order valence-electron chi connectivity index (χ4n) is 1.35. The van der Waals surface area contributed by atoms with Gasteiger partial charge in [0.1, 0.15) is 0 Å². The van der Waals surface area contributed by atoms with E-state index < -0.39 is 0 Å². The van der Waals surface area contributed by atoms with Gasteiger partial charge in [-0.2, -0.15) is 0 Å². The summed E-state index contributed by atoms with van der Waals surface area (Å²) in [5, 5.41) is 0. The molecule has 0 N–H and O–H groups in total. The predicted octanol–water partition coefficient (Wildman–Crippen LogP) is 1.75. The number of allylic oxidation sites excluding steroid dienone is 3. The minimum atomic E-state index is 0.914. The lowest BCUT2D eigenvalue weighted by molar-refractivity contribution is 0.861. The van der Waals surface area contributed by atoms with Gasteiger partial charge < -0.3 is 0 Å². The molecule has 0 amide bonds. The third-order valence-electron chi connectivity index (χ3n) is 2.02. The summed E-state index contributed by atoms with van der Waals surface area (Å²) in [4.78, 5) is 0. The van der Waals surface area contributed by atoms with Crippen LogP contribution in [0.4, 0.5) is 0 Å². The molecule has 0 nitrogen and oxygen atoms in total. The van der Waals surface area contributed by atoms with Gasteiger partial charge in [0, 0.05) is 5.92 Å². The zero-order valence-electron chi connectivity index (χ0n) is 4.44. The molecule has 0 aliphatic heterocycles. The van der Waals surface area contributed by atoms with Crippen molar-refractivity contribution < 1.29 is 0 Å². The highest BCUT2D eigenvalue weighted by molar-refractivity contribution is 5.63. The lowest BCUT2D eigenvalue weighted by Gasteiger charge is -1.86. The van der Waals surface area contributed by atoms with Crippen molar-refractivity contribution >= 4 is 0 Å². The molecule has 0 aromatic rings. The Morgan fingerprint density at radius 1 is 1.71 bits per heavy atom. The standard InChI is InChI=1S/C7H8/c1-3-5-6-4(2)7(5)6/h3-4,6H,1H2,2H3. The van der Waals surface area contributed by atoms with Crippen molar-refractivity contribution in [1.29, 1.82) is 0 Å². The second-order valence-corrected chi connectivity index (χ2v) is 2.38. The number of fused-ring (bicyclic) bond motifs is 1. The molecular weight excluding hydrogens is 84.1 g/mol. The van der Waals surface area contributed by atoms with Crippen molar-refractivity contribution in [2.24, 2.45) is 11.8 Å². The zero-order valence-corrected chi connectivity index (χ0v) is 4.44. The van der Waals surface area contributed by atoms with Crippen LogP contribution in [0.2, 0.25) is 0 Å². The van der Waals surface area contributed by atoms with Crippen molar-refractivity contribution in [3.8, 4) is 0 Å². The van der Waals surface area contributed by atoms with Crippen LogP contribution in [0.1, 0.15) is 6.92 Å². The normalized spacial score (nSPS) is 43.0. The summed E-state index contributed by atoms with van der Waals surface area (Å²) in [6.45, 7) is 5.95. The molecule has 0 heterocycles. The van der Waals surface area contributed by atoms with Crippen LogP contribution in [-0.2, 0) is 0 Å². The highest BCUT2D eigenvalue weighted by Gasteiger charge is 2.56. The first-order valence-electron chi connectivity index (χ1n) is 2.72. The maximum atomic E-state index is 3.68. The topological polar surface area (TPSA) is 0 Å². The molecule has 2 aliphatic rings. The Bertz CT molecular complexity index is 163. The van der Waals surface area contributed by atoms with Gasteiger partial charge in [-0.25, -0.2) is 0 Å². The molecular formula is C7H8. The van der Waals surface area contributed by atoms with Crippen LogP contribution in [0, 0.1) is 11.8 Å². The molecule has 0 heteroatoms. The van der Waals surface area contributed by atoms with E-state index in [1.165, 1.54) is 5.57 Å². The van der Waals surface area contributed by atoms with E-state index in [1.807, 2.05) is 6.08 Å². The molecule has 36 valence electrons. The van der Waals surface area contributed by atoms with Crippen molar-refractivity contribution in [2.75, 3.05) is 0 Å². The summed E-state index contributed by atoms with van der Waals surface area (Å²) in [7, 11) is 0. The minimum Gasteiger partial charge on any atom is -0.0988 e. The molecule has 0 radical (unpaired) electrons. The Morgan fingerprint density at radius 2 is 2.29 bits per heavy atom. The molecule has 2 unspecified atom stereocenters. The van der Waals surface area contributed by atoms with Gasteiger partial charge in [0.25, 0.3) is 0 Å². The monoisotopic (exact) mass is 92.1 g/mol. The van der Waals surface area contributed by atoms with Gasteiger partial charge in [-0.1, -0.05) is 25.2 Å². The molecule has 0 aromatic heterocycles. The fraction of sp³-hybridized carbons (Fsp3) is 0.429. The van der Waals surface area contributed by atoms with E-state index in [4.69, 9.17) is 0 Å². The summed E-state index contributed by atoms with van der Waals surface area (Å²) in [6, 6.07) is 0. The van der Waals surface area contributed by atoms with Gasteiger partial charge in [-0.3, -0.25) is 0 Å². The van der Waals surface area contributed by atoms with E-state index in [9.17, 15) is 0 Å². The Morgan fingerprint density at radius 3 is 2.43 bits per heavy atom. The quantitative estimate of drug-likeness (QED) is 0.462. The van der Waals surface area contributed by atoms with Crippen LogP contribution >= 0.6 is 0 Å². The van der Waals surface area contributed by atoms with Crippen LogP contribution in [-0.4, -0.2) is 0 Å². The van der Waals surface area contributed by atoms with Gasteiger partial charge >= 0.3 is 0 Å². The molecule has 2 rings (SSSR count). The average Bonchev–Trinajstić information content (AvgIpc) is 2.47. The second kappa shape index (κ2) is 0.706. The average molecular weight is 92.1 g/mol. The third-order valence-corrected chi connectivity index (χ3v) is 2.02. The molecule has 0 spiro atoms. The Hall–Kier alpha value is -0.520. The maximum Gasteiger partial charge on any atom is 0.0120 e. The predicted molar refractivity (Wildman–Crippen MR) is 29.9 cm³/mol. The van der Waals surface area contributed by atoms with Crippen molar-refractivity contribution in [3.05, 3.63) is 23.8 Å². The zero-order chi connectivity index (χ0) is 5.02. The van der Waals surface area contributed by atoms with Gasteiger partial charge in [-0.05, 0) is 11.5 Å². The summed E-state index contributed by atoms with van der Waals surface area (Å²) < 4.78 is 0. The minimum absolute atomic E-state index is 0.914. The first-order chi connectivity index (χ1) is 3.36. The second-order valence-electron chi connectivity index (χ2n) is 2.38. The Kier molecular flexibility index (Phi) is 0.351. The van der Waals surface area contributed by atoms with Crippen LogP contribution in [0.5, 0.6) is 0 Å². The molecule has 2 aliphatic carbocycles. The molecule has 2 atom stereocenters. The molecule has 7 heavy (non-hydrogen) atoms. The van der Waals surface area contributed by atoms with Gasteiger partial charge in [0.05, 0.1) is 0 Å². The molecule has 1 fully saturated rings. The van der Waals surface area contributed by atoms with Crippen LogP contribution in [0.25, 0.3) is 0 Å². The first kappa shape index (κ1) is 3.48. The summed E-state index contributed by atoms with van der Waals surface area (Å²) in [5.74, 6) is 1.85. The molecule has 0 aromatic carbocycles. The highest BCUT2D eigenvalue weighted by atomic mass is 14.6. The van der Waals surface area contributed by atoms with Gasteiger partial charge in [-0.15, -0.1) is 0 Å². The van der Waals surface area contributed by atoms with E-state index in [0.717, 1.165) is 11.8 Å². The van der Waals surface area contributed by atoms with E-state index >= 15 is 0 Å². The van der Waals surface area contributed by atoms with E-state index in [1.54, 1.807) is 5.57 Å². The molecule has 0 saturated heterocycles. The Balaban J connectivity index is 2.24. The Labute approximate surface area is 43.5 Å². The lowest BCUT2D eigenvalue weighted by atomic mass is 10.2. The molecule has 0 bridgehead atoms. The number of hydrogen-bond donors (Lipinski definition) is 0. The summed E-state index contributed by atoms with van der Waals surface area (Å²) >= 11 is 0. The van der Waals surface area contributed by atoms with E-state index in [2.05, 4.69) is 13.5 Å². The van der Waals surface area contributed by atoms with Crippen LogP contribution in [0.3, 0.4) is 0 Å². The third kappa shape index (κ3) is 0.217. The molecule has 1 saturated carbocycles. The number of rotatable bonds is 1. The van der Waals surface area contributed by atoms with Crippen LogP contribution in [0.15, 0.2) is 23.8 Å². The van der Waals surface area contributed by atoms with E-state index in [0.29, 0.717) is 0 Å². The fourth-order valence-corrected chi connectivity index (χ4v) is 1.35.